The summed E-state index contributed by atoms with van der Waals surface area (Å²) < 4.78 is 27.2. The maximum atomic E-state index is 12.3. The molecule has 22 heavy (non-hydrogen) atoms. The van der Waals surface area contributed by atoms with Gasteiger partial charge in [-0.15, -0.1) is 0 Å². The first kappa shape index (κ1) is 16.1. The smallest absolute Gasteiger partial charge is 0.251 e. The third-order valence-corrected chi connectivity index (χ3v) is 4.67. The Kier molecular flexibility index (Phi) is 4.89. The van der Waals surface area contributed by atoms with Crippen LogP contribution in [0.1, 0.15) is 29.0 Å². The molecule has 0 fully saturated rings. The van der Waals surface area contributed by atoms with Gasteiger partial charge in [0.2, 0.25) is 10.0 Å². The van der Waals surface area contributed by atoms with Gasteiger partial charge in [0.1, 0.15) is 0 Å². The average Bonchev–Trinajstić information content (AvgIpc) is 2.54. The number of rotatable bonds is 5. The van der Waals surface area contributed by atoms with E-state index in [4.69, 9.17) is 0 Å². The second-order valence-electron chi connectivity index (χ2n) is 4.70. The zero-order valence-electron chi connectivity index (χ0n) is 12.3. The van der Waals surface area contributed by atoms with Crippen LogP contribution in [0.5, 0.6) is 0 Å². The molecule has 0 aliphatic rings. The summed E-state index contributed by atoms with van der Waals surface area (Å²) in [5.41, 5.74) is 1.03. The number of sulfonamides is 1. The second-order valence-corrected chi connectivity index (χ2v) is 6.42. The normalized spacial score (nSPS) is 12.6. The number of carbonyl (C=O) groups is 1. The van der Waals surface area contributed by atoms with E-state index in [1.54, 1.807) is 31.3 Å². The van der Waals surface area contributed by atoms with Crippen LogP contribution in [0.3, 0.4) is 0 Å². The Morgan fingerprint density at radius 3 is 2.36 bits per heavy atom. The molecule has 2 rings (SSSR count). The Morgan fingerprint density at radius 2 is 1.82 bits per heavy atom. The van der Waals surface area contributed by atoms with Crippen LogP contribution in [0.25, 0.3) is 0 Å². The summed E-state index contributed by atoms with van der Waals surface area (Å²) in [7, 11) is -2.16. The zero-order chi connectivity index (χ0) is 16.2. The van der Waals surface area contributed by atoms with Crippen molar-refractivity contribution >= 4 is 15.9 Å². The van der Waals surface area contributed by atoms with Gasteiger partial charge in [-0.05, 0) is 43.3 Å². The van der Waals surface area contributed by atoms with Crippen molar-refractivity contribution < 1.29 is 13.2 Å². The van der Waals surface area contributed by atoms with E-state index in [-0.39, 0.29) is 10.8 Å². The van der Waals surface area contributed by atoms with Crippen LogP contribution in [0.15, 0.2) is 53.6 Å². The Bertz CT molecular complexity index is 743. The van der Waals surface area contributed by atoms with E-state index < -0.39 is 16.1 Å². The van der Waals surface area contributed by atoms with Gasteiger partial charge < -0.3 is 5.32 Å². The van der Waals surface area contributed by atoms with Crippen LogP contribution in [0.2, 0.25) is 0 Å². The third-order valence-electron chi connectivity index (χ3n) is 3.12. The highest BCUT2D eigenvalue weighted by molar-refractivity contribution is 7.89. The molecule has 1 unspecified atom stereocenters. The number of hydrogen-bond acceptors (Lipinski definition) is 4. The van der Waals surface area contributed by atoms with Crippen LogP contribution >= 0.6 is 0 Å². The van der Waals surface area contributed by atoms with Crippen molar-refractivity contribution in [3.63, 3.8) is 0 Å². The molecule has 0 saturated heterocycles. The maximum Gasteiger partial charge on any atom is 0.251 e. The van der Waals surface area contributed by atoms with E-state index in [1.165, 1.54) is 31.3 Å². The molecule has 1 aromatic heterocycles. The quantitative estimate of drug-likeness (QED) is 0.874. The van der Waals surface area contributed by atoms with Crippen LogP contribution in [-0.2, 0) is 10.0 Å². The summed E-state index contributed by atoms with van der Waals surface area (Å²) in [5, 5.41) is 2.48. The van der Waals surface area contributed by atoms with Gasteiger partial charge in [0.05, 0.1) is 16.6 Å². The molecule has 1 amide bonds. The highest BCUT2D eigenvalue weighted by Gasteiger charge is 2.19. The molecule has 1 atom stereocenters. The third kappa shape index (κ3) is 3.69. The SMILES string of the molecule is CNC(=O)c1ccc(S(=O)(=O)NC(C)c2ccccn2)cc1. The molecule has 1 aromatic carbocycles. The fourth-order valence-electron chi connectivity index (χ4n) is 1.92. The minimum absolute atomic E-state index is 0.0999. The number of pyridine rings is 1. The summed E-state index contributed by atoms with van der Waals surface area (Å²) in [4.78, 5) is 15.7. The van der Waals surface area contributed by atoms with Crippen LogP contribution in [-0.4, -0.2) is 26.4 Å². The molecule has 2 aromatic rings. The number of benzene rings is 1. The van der Waals surface area contributed by atoms with Gasteiger partial charge in [-0.1, -0.05) is 6.07 Å². The number of amides is 1. The summed E-state index contributed by atoms with van der Waals surface area (Å²) in [6.45, 7) is 1.72. The van der Waals surface area contributed by atoms with E-state index in [9.17, 15) is 13.2 Å². The van der Waals surface area contributed by atoms with Gasteiger partial charge in [0, 0.05) is 18.8 Å². The fraction of sp³-hybridized carbons (Fsp3) is 0.200. The van der Waals surface area contributed by atoms with Crippen molar-refractivity contribution in [2.75, 3.05) is 7.05 Å². The Morgan fingerprint density at radius 1 is 1.14 bits per heavy atom. The lowest BCUT2D eigenvalue weighted by Gasteiger charge is -2.14. The van der Waals surface area contributed by atoms with Gasteiger partial charge in [-0.2, -0.15) is 0 Å². The van der Waals surface area contributed by atoms with Gasteiger partial charge in [-0.25, -0.2) is 13.1 Å². The van der Waals surface area contributed by atoms with Crippen molar-refractivity contribution in [3.05, 3.63) is 59.9 Å². The lowest BCUT2D eigenvalue weighted by molar-refractivity contribution is 0.0963. The highest BCUT2D eigenvalue weighted by Crippen LogP contribution is 2.15. The maximum absolute atomic E-state index is 12.3. The van der Waals surface area contributed by atoms with E-state index in [2.05, 4.69) is 15.0 Å². The summed E-state index contributed by atoms with van der Waals surface area (Å²) >= 11 is 0. The molecule has 6 nitrogen and oxygen atoms in total. The van der Waals surface area contributed by atoms with Gasteiger partial charge in [-0.3, -0.25) is 9.78 Å². The molecule has 0 radical (unpaired) electrons. The van der Waals surface area contributed by atoms with Crippen molar-refractivity contribution in [3.8, 4) is 0 Å². The molecule has 0 spiro atoms. The predicted octanol–water partition coefficient (Wildman–Crippen LogP) is 1.48. The van der Waals surface area contributed by atoms with Crippen molar-refractivity contribution in [2.24, 2.45) is 0 Å². The minimum Gasteiger partial charge on any atom is -0.355 e. The first-order valence-corrected chi connectivity index (χ1v) is 8.18. The molecule has 7 heteroatoms. The molecule has 0 bridgehead atoms. The van der Waals surface area contributed by atoms with Gasteiger partial charge in [0.25, 0.3) is 5.91 Å². The number of carbonyl (C=O) groups excluding carboxylic acids is 1. The molecule has 116 valence electrons. The van der Waals surface area contributed by atoms with E-state index in [0.29, 0.717) is 11.3 Å². The average molecular weight is 319 g/mol. The van der Waals surface area contributed by atoms with E-state index >= 15 is 0 Å². The summed E-state index contributed by atoms with van der Waals surface area (Å²) in [5.74, 6) is -0.265. The Hall–Kier alpha value is -2.25. The lowest BCUT2D eigenvalue weighted by Crippen LogP contribution is -2.27. The Balaban J connectivity index is 2.18. The number of nitrogens with zero attached hydrogens (tertiary/aromatic N) is 1. The molecule has 0 aliphatic heterocycles. The second kappa shape index (κ2) is 6.67. The topological polar surface area (TPSA) is 88.2 Å². The highest BCUT2D eigenvalue weighted by atomic mass is 32.2. The standard InChI is InChI=1S/C15H17N3O3S/c1-11(14-5-3-4-10-17-14)18-22(20,21)13-8-6-12(7-9-13)15(19)16-2/h3-11,18H,1-2H3,(H,16,19). The summed E-state index contributed by atoms with van der Waals surface area (Å²) in [6.07, 6.45) is 1.61. The molecule has 2 N–H and O–H groups in total. The largest absolute Gasteiger partial charge is 0.355 e. The summed E-state index contributed by atoms with van der Waals surface area (Å²) in [6, 6.07) is 10.6. The van der Waals surface area contributed by atoms with E-state index in [0.717, 1.165) is 0 Å². The van der Waals surface area contributed by atoms with E-state index in [1.807, 2.05) is 0 Å². The zero-order valence-corrected chi connectivity index (χ0v) is 13.1. The predicted molar refractivity (Wildman–Crippen MR) is 82.8 cm³/mol. The minimum atomic E-state index is -3.68. The van der Waals surface area contributed by atoms with Crippen LogP contribution < -0.4 is 10.0 Å². The lowest BCUT2D eigenvalue weighted by atomic mass is 10.2. The number of aromatic nitrogens is 1. The number of hydrogen-bond donors (Lipinski definition) is 2. The first-order chi connectivity index (χ1) is 10.4. The molecule has 0 aliphatic carbocycles. The molecular weight excluding hydrogens is 302 g/mol. The molecular formula is C15H17N3O3S. The van der Waals surface area contributed by atoms with Gasteiger partial charge in [0.15, 0.2) is 0 Å². The molecule has 0 saturated carbocycles. The Labute approximate surface area is 129 Å². The van der Waals surface area contributed by atoms with Crippen molar-refractivity contribution in [1.29, 1.82) is 0 Å². The van der Waals surface area contributed by atoms with Crippen molar-refractivity contribution in [2.45, 2.75) is 17.9 Å². The van der Waals surface area contributed by atoms with Gasteiger partial charge >= 0.3 is 0 Å². The molecule has 1 heterocycles. The first-order valence-electron chi connectivity index (χ1n) is 6.69. The fourth-order valence-corrected chi connectivity index (χ4v) is 3.14. The van der Waals surface area contributed by atoms with Crippen LogP contribution in [0.4, 0.5) is 0 Å². The van der Waals surface area contributed by atoms with Crippen molar-refractivity contribution in [1.82, 2.24) is 15.0 Å². The van der Waals surface area contributed by atoms with Crippen LogP contribution in [0, 0.1) is 0 Å². The monoisotopic (exact) mass is 319 g/mol. The number of nitrogens with one attached hydrogen (secondary N) is 2.